The van der Waals surface area contributed by atoms with Gasteiger partial charge in [-0.1, -0.05) is 41.5 Å². The van der Waals surface area contributed by atoms with Gasteiger partial charge in [-0.05, 0) is 17.3 Å². The molecule has 0 radical (unpaired) electrons. The van der Waals surface area contributed by atoms with Crippen molar-refractivity contribution in [3.05, 3.63) is 0 Å². The predicted molar refractivity (Wildman–Crippen MR) is 88.7 cm³/mol. The van der Waals surface area contributed by atoms with E-state index in [1.807, 2.05) is 0 Å². The lowest BCUT2D eigenvalue weighted by molar-refractivity contribution is -0.414. The van der Waals surface area contributed by atoms with E-state index < -0.39 is 65.4 Å². The summed E-state index contributed by atoms with van der Waals surface area (Å²) in [5.74, 6) is -38.7. The summed E-state index contributed by atoms with van der Waals surface area (Å²) in [7, 11) is 0. The second kappa shape index (κ2) is 8.77. The van der Waals surface area contributed by atoms with Crippen LogP contribution in [-0.4, -0.2) is 48.6 Å². The molecule has 2 nitrogen and oxygen atoms in total. The van der Waals surface area contributed by atoms with Crippen LogP contribution in [-0.2, 0) is 9.53 Å². The quantitative estimate of drug-likeness (QED) is 0.250. The Morgan fingerprint density at radius 1 is 0.719 bits per heavy atom. The fraction of sp³-hybridized carbons (Fsp3) is 0.944. The zero-order chi connectivity index (χ0) is 26.4. The van der Waals surface area contributed by atoms with E-state index in [-0.39, 0.29) is 6.42 Å². The van der Waals surface area contributed by atoms with Gasteiger partial charge in [-0.15, -0.1) is 0 Å². The normalized spacial score (nSPS) is 16.3. The molecule has 1 atom stereocenters. The zero-order valence-electron chi connectivity index (χ0n) is 17.9. The minimum atomic E-state index is -7.65. The largest absolute Gasteiger partial charge is 0.459 e. The lowest BCUT2D eigenvalue weighted by Crippen LogP contribution is -2.69. The van der Waals surface area contributed by atoms with Crippen LogP contribution >= 0.6 is 0 Å². The second-order valence-electron chi connectivity index (χ2n) is 9.64. The van der Waals surface area contributed by atoms with Gasteiger partial charge in [0.15, 0.2) is 6.61 Å². The monoisotopic (exact) mass is 500 g/mol. The van der Waals surface area contributed by atoms with Crippen LogP contribution in [0.25, 0.3) is 0 Å². The van der Waals surface area contributed by atoms with Crippen molar-refractivity contribution in [1.82, 2.24) is 0 Å². The summed E-state index contributed by atoms with van der Waals surface area (Å²) in [4.78, 5) is 12.2. The summed E-state index contributed by atoms with van der Waals surface area (Å²) >= 11 is 0. The van der Waals surface area contributed by atoms with E-state index in [0.717, 1.165) is 0 Å². The lowest BCUT2D eigenvalue weighted by Gasteiger charge is -2.39. The molecule has 0 aliphatic carbocycles. The van der Waals surface area contributed by atoms with Crippen molar-refractivity contribution >= 4 is 5.97 Å². The summed E-state index contributed by atoms with van der Waals surface area (Å²) in [5.41, 5.74) is -1.63. The van der Waals surface area contributed by atoms with E-state index in [1.165, 1.54) is 20.8 Å². The third-order valence-corrected chi connectivity index (χ3v) is 4.48. The molecule has 0 aromatic carbocycles. The van der Waals surface area contributed by atoms with E-state index in [4.69, 9.17) is 0 Å². The molecule has 0 heterocycles. The van der Waals surface area contributed by atoms with Gasteiger partial charge in [-0.3, -0.25) is 4.79 Å². The maximum absolute atomic E-state index is 13.8. The second-order valence-corrected chi connectivity index (χ2v) is 9.64. The number of halogens is 12. The Kier molecular flexibility index (Phi) is 8.39. The molecule has 0 saturated heterocycles. The minimum absolute atomic E-state index is 0.0495. The highest BCUT2D eigenvalue weighted by atomic mass is 19.4. The molecule has 0 aliphatic heterocycles. The topological polar surface area (TPSA) is 26.3 Å². The zero-order valence-corrected chi connectivity index (χ0v) is 17.9. The van der Waals surface area contributed by atoms with Crippen LogP contribution in [0.4, 0.5) is 52.7 Å². The lowest BCUT2D eigenvalue weighted by atomic mass is 9.72. The summed E-state index contributed by atoms with van der Waals surface area (Å²) in [5, 5.41) is 0. The third-order valence-electron chi connectivity index (χ3n) is 4.48. The molecule has 0 amide bonds. The number of carbonyl (C=O) groups excluding carboxylic acids is 1. The molecular weight excluding hydrogens is 476 g/mol. The van der Waals surface area contributed by atoms with E-state index in [2.05, 4.69) is 4.74 Å². The molecule has 0 aliphatic rings. The first-order valence-electron chi connectivity index (χ1n) is 9.00. The van der Waals surface area contributed by atoms with E-state index >= 15 is 0 Å². The highest BCUT2D eigenvalue weighted by Crippen LogP contribution is 2.58. The van der Waals surface area contributed by atoms with Gasteiger partial charge in [-0.2, -0.15) is 43.9 Å². The molecule has 1 unspecified atom stereocenters. The number of rotatable bonds is 9. The molecule has 14 heteroatoms. The molecule has 0 fully saturated rings. The Morgan fingerprint density at radius 2 is 1.12 bits per heavy atom. The van der Waals surface area contributed by atoms with Crippen LogP contribution in [0.2, 0.25) is 0 Å². The summed E-state index contributed by atoms with van der Waals surface area (Å²) < 4.78 is 162. The Balaban J connectivity index is 5.93. The molecule has 0 N–H and O–H groups in total. The number of ether oxygens (including phenoxy) is 1. The van der Waals surface area contributed by atoms with Gasteiger partial charge >= 0.3 is 42.0 Å². The summed E-state index contributed by atoms with van der Waals surface area (Å²) in [6.07, 6.45) is -5.62. The van der Waals surface area contributed by atoms with Crippen molar-refractivity contribution in [3.63, 3.8) is 0 Å². The van der Waals surface area contributed by atoms with Crippen LogP contribution in [0.1, 0.15) is 48.0 Å². The first-order chi connectivity index (χ1) is 13.7. The van der Waals surface area contributed by atoms with Crippen molar-refractivity contribution in [3.8, 4) is 0 Å². The fourth-order valence-corrected chi connectivity index (χ4v) is 2.48. The standard InChI is InChI=1S/C18H24F12O2/c1-12(2,3)7-9(13(4,5)6)10(31)32-8-14(21,22)16(25,26)18(29,30)17(27,28)15(23,24)11(19)20/h9,11H,7-8H2,1-6H3. The third kappa shape index (κ3) is 5.75. The maximum Gasteiger partial charge on any atom is 0.384 e. The first kappa shape index (κ1) is 30.6. The predicted octanol–water partition coefficient (Wildman–Crippen LogP) is 7.07. The van der Waals surface area contributed by atoms with Crippen molar-refractivity contribution in [2.45, 2.75) is 84.0 Å². The highest BCUT2D eigenvalue weighted by Gasteiger charge is 2.87. The van der Waals surface area contributed by atoms with Crippen LogP contribution in [0, 0.1) is 16.7 Å². The molecule has 0 aromatic heterocycles. The van der Waals surface area contributed by atoms with Crippen LogP contribution < -0.4 is 0 Å². The molecule has 0 saturated carbocycles. The van der Waals surface area contributed by atoms with Crippen molar-refractivity contribution in [2.75, 3.05) is 6.61 Å². The molecule has 32 heavy (non-hydrogen) atoms. The average Bonchev–Trinajstić information content (AvgIpc) is 2.55. The number of hydrogen-bond acceptors (Lipinski definition) is 2. The molecular formula is C18H24F12O2. The van der Waals surface area contributed by atoms with Crippen molar-refractivity contribution in [2.24, 2.45) is 16.7 Å². The fourth-order valence-electron chi connectivity index (χ4n) is 2.48. The SMILES string of the molecule is CC(C)(C)CC(C(=O)OCC(F)(F)C(F)(F)C(F)(F)C(F)(F)C(F)(F)C(F)F)C(C)(C)C. The Labute approximate surface area is 176 Å². The van der Waals surface area contributed by atoms with Gasteiger partial charge in [0, 0.05) is 0 Å². The van der Waals surface area contributed by atoms with Gasteiger partial charge in [-0.25, -0.2) is 8.78 Å². The number of hydrogen-bond donors (Lipinski definition) is 0. The van der Waals surface area contributed by atoms with Crippen molar-refractivity contribution < 1.29 is 62.2 Å². The van der Waals surface area contributed by atoms with Gasteiger partial charge in [0.05, 0.1) is 5.92 Å². The van der Waals surface area contributed by atoms with Gasteiger partial charge in [0.1, 0.15) is 0 Å². The van der Waals surface area contributed by atoms with Crippen LogP contribution in [0.3, 0.4) is 0 Å². The van der Waals surface area contributed by atoms with Crippen LogP contribution in [0.15, 0.2) is 0 Å². The van der Waals surface area contributed by atoms with E-state index in [9.17, 15) is 57.5 Å². The molecule has 0 rings (SSSR count). The van der Waals surface area contributed by atoms with Crippen LogP contribution in [0.5, 0.6) is 0 Å². The molecule has 192 valence electrons. The van der Waals surface area contributed by atoms with E-state index in [0.29, 0.717) is 0 Å². The Morgan fingerprint density at radius 3 is 1.44 bits per heavy atom. The maximum atomic E-state index is 13.8. The van der Waals surface area contributed by atoms with Gasteiger partial charge < -0.3 is 4.74 Å². The number of alkyl halides is 12. The molecule has 0 aromatic rings. The Hall–Kier alpha value is -1.37. The first-order valence-corrected chi connectivity index (χ1v) is 9.00. The number of esters is 1. The minimum Gasteiger partial charge on any atom is -0.459 e. The average molecular weight is 500 g/mol. The van der Waals surface area contributed by atoms with Gasteiger partial charge in [0.2, 0.25) is 0 Å². The smallest absolute Gasteiger partial charge is 0.384 e. The highest BCUT2D eigenvalue weighted by molar-refractivity contribution is 5.73. The molecule has 0 bridgehead atoms. The Bertz CT molecular complexity index is 660. The van der Waals surface area contributed by atoms with Gasteiger partial charge in [0.25, 0.3) is 0 Å². The summed E-state index contributed by atoms with van der Waals surface area (Å²) in [6.45, 7) is 6.30. The molecule has 0 spiro atoms. The van der Waals surface area contributed by atoms with E-state index in [1.54, 1.807) is 20.8 Å². The summed E-state index contributed by atoms with van der Waals surface area (Å²) in [6, 6.07) is 0. The van der Waals surface area contributed by atoms with Crippen molar-refractivity contribution in [1.29, 1.82) is 0 Å². The number of carbonyl (C=O) groups is 1.